The van der Waals surface area contributed by atoms with Gasteiger partial charge in [0.15, 0.2) is 11.5 Å². The number of aromatic hydroxyl groups is 1. The third-order valence-corrected chi connectivity index (χ3v) is 5.21. The largest absolute Gasteiger partial charge is 0.504 e. The average Bonchev–Trinajstić information content (AvgIpc) is 3.11. The van der Waals surface area contributed by atoms with Crippen LogP contribution in [0.1, 0.15) is 42.9 Å². The highest BCUT2D eigenvalue weighted by molar-refractivity contribution is 5.55. The molecule has 5 heteroatoms. The van der Waals surface area contributed by atoms with E-state index in [-0.39, 0.29) is 11.8 Å². The molecule has 0 spiro atoms. The van der Waals surface area contributed by atoms with Gasteiger partial charge in [-0.25, -0.2) is 0 Å². The Bertz CT molecular complexity index is 585. The van der Waals surface area contributed by atoms with Crippen molar-refractivity contribution in [1.82, 2.24) is 10.2 Å². The predicted octanol–water partition coefficient (Wildman–Crippen LogP) is 2.41. The zero-order valence-electron chi connectivity index (χ0n) is 13.7. The van der Waals surface area contributed by atoms with Crippen LogP contribution in [0.5, 0.6) is 11.5 Å². The summed E-state index contributed by atoms with van der Waals surface area (Å²) in [5.41, 5.74) is 1.33. The maximum atomic E-state index is 10.7. The summed E-state index contributed by atoms with van der Waals surface area (Å²) in [7, 11) is 1.56. The summed E-state index contributed by atoms with van der Waals surface area (Å²) in [4.78, 5) is 2.43. The zero-order chi connectivity index (χ0) is 16.2. The molecule has 124 valence electrons. The number of hydrogen-bond donors (Lipinski definition) is 2. The van der Waals surface area contributed by atoms with Crippen molar-refractivity contribution in [2.45, 2.75) is 31.7 Å². The van der Waals surface area contributed by atoms with E-state index < -0.39 is 0 Å². The smallest absolute Gasteiger partial charge is 0.163 e. The van der Waals surface area contributed by atoms with Gasteiger partial charge >= 0.3 is 0 Å². The summed E-state index contributed by atoms with van der Waals surface area (Å²) in [6, 6.07) is 5.83. The Labute approximate surface area is 137 Å². The lowest BCUT2D eigenvalue weighted by atomic mass is 9.86. The van der Waals surface area contributed by atoms with Crippen molar-refractivity contribution in [2.24, 2.45) is 5.92 Å². The van der Waals surface area contributed by atoms with E-state index in [2.05, 4.69) is 16.3 Å². The number of hydrogen-bond acceptors (Lipinski definition) is 5. The van der Waals surface area contributed by atoms with E-state index in [1.807, 2.05) is 0 Å². The van der Waals surface area contributed by atoms with E-state index in [4.69, 9.17) is 4.74 Å². The SMILES string of the molecule is COc1ccc(C#N)c([C@H](C2CCCC2)N2CCNCC2)c1O. The second-order valence-corrected chi connectivity index (χ2v) is 6.46. The topological polar surface area (TPSA) is 68.5 Å². The highest BCUT2D eigenvalue weighted by Gasteiger charge is 2.35. The maximum Gasteiger partial charge on any atom is 0.163 e. The van der Waals surface area contributed by atoms with Crippen molar-refractivity contribution in [1.29, 1.82) is 5.26 Å². The van der Waals surface area contributed by atoms with Crippen LogP contribution < -0.4 is 10.1 Å². The minimum Gasteiger partial charge on any atom is -0.504 e. The molecule has 1 heterocycles. The van der Waals surface area contributed by atoms with Gasteiger partial charge in [-0.15, -0.1) is 0 Å². The molecule has 2 aliphatic rings. The molecule has 0 radical (unpaired) electrons. The summed E-state index contributed by atoms with van der Waals surface area (Å²) >= 11 is 0. The number of nitriles is 1. The molecule has 1 saturated carbocycles. The molecule has 2 fully saturated rings. The lowest BCUT2D eigenvalue weighted by Gasteiger charge is -2.39. The van der Waals surface area contributed by atoms with Crippen molar-refractivity contribution in [3.63, 3.8) is 0 Å². The van der Waals surface area contributed by atoms with Gasteiger partial charge in [-0.1, -0.05) is 12.8 Å². The average molecular weight is 315 g/mol. The lowest BCUT2D eigenvalue weighted by Crippen LogP contribution is -2.46. The van der Waals surface area contributed by atoms with Gasteiger partial charge in [0.25, 0.3) is 0 Å². The van der Waals surface area contributed by atoms with Gasteiger partial charge in [0, 0.05) is 37.8 Å². The summed E-state index contributed by atoms with van der Waals surface area (Å²) in [6.07, 6.45) is 4.80. The number of nitrogens with zero attached hydrogens (tertiary/aromatic N) is 2. The fourth-order valence-corrected chi connectivity index (χ4v) is 4.10. The van der Waals surface area contributed by atoms with Crippen LogP contribution >= 0.6 is 0 Å². The van der Waals surface area contributed by atoms with Crippen LogP contribution in [0.25, 0.3) is 0 Å². The Kier molecular flexibility index (Phi) is 5.04. The number of rotatable bonds is 4. The number of piperazine rings is 1. The fourth-order valence-electron chi connectivity index (χ4n) is 4.10. The van der Waals surface area contributed by atoms with Crippen molar-refractivity contribution < 1.29 is 9.84 Å². The number of benzene rings is 1. The molecular weight excluding hydrogens is 290 g/mol. The molecule has 0 aromatic heterocycles. The van der Waals surface area contributed by atoms with Gasteiger partial charge in [0.2, 0.25) is 0 Å². The molecule has 1 saturated heterocycles. The molecule has 3 rings (SSSR count). The van der Waals surface area contributed by atoms with E-state index in [1.54, 1.807) is 19.2 Å². The van der Waals surface area contributed by atoms with Crippen LogP contribution in [0.15, 0.2) is 12.1 Å². The molecule has 0 unspecified atom stereocenters. The Morgan fingerprint density at radius 1 is 1.30 bits per heavy atom. The van der Waals surface area contributed by atoms with Crippen molar-refractivity contribution >= 4 is 0 Å². The zero-order valence-corrected chi connectivity index (χ0v) is 13.7. The first kappa shape index (κ1) is 16.1. The maximum absolute atomic E-state index is 10.7. The molecule has 1 atom stereocenters. The summed E-state index contributed by atoms with van der Waals surface area (Å²) < 4.78 is 5.30. The van der Waals surface area contributed by atoms with E-state index in [9.17, 15) is 10.4 Å². The molecule has 1 aliphatic carbocycles. The number of ether oxygens (including phenoxy) is 1. The van der Waals surface area contributed by atoms with Crippen LogP contribution in [-0.2, 0) is 0 Å². The highest BCUT2D eigenvalue weighted by Crippen LogP contribution is 2.46. The second-order valence-electron chi connectivity index (χ2n) is 6.46. The minimum atomic E-state index is 0.101. The minimum absolute atomic E-state index is 0.101. The Hall–Kier alpha value is -1.77. The normalized spacial score (nSPS) is 21.0. The van der Waals surface area contributed by atoms with Crippen LogP contribution in [0.2, 0.25) is 0 Å². The molecule has 1 aromatic rings. The monoisotopic (exact) mass is 315 g/mol. The number of phenolic OH excluding ortho intramolecular Hbond substituents is 1. The van der Waals surface area contributed by atoms with E-state index >= 15 is 0 Å². The lowest BCUT2D eigenvalue weighted by molar-refractivity contribution is 0.122. The summed E-state index contributed by atoms with van der Waals surface area (Å²) in [5.74, 6) is 1.09. The summed E-state index contributed by atoms with van der Waals surface area (Å²) in [6.45, 7) is 3.80. The van der Waals surface area contributed by atoms with Gasteiger partial charge in [-0.2, -0.15) is 5.26 Å². The van der Waals surface area contributed by atoms with Crippen molar-refractivity contribution in [2.75, 3.05) is 33.3 Å². The molecule has 0 amide bonds. The van der Waals surface area contributed by atoms with E-state index in [0.29, 0.717) is 17.2 Å². The van der Waals surface area contributed by atoms with Crippen molar-refractivity contribution in [3.05, 3.63) is 23.3 Å². The molecule has 0 bridgehead atoms. The van der Waals surface area contributed by atoms with Crippen LogP contribution in [0.4, 0.5) is 0 Å². The van der Waals surface area contributed by atoms with Gasteiger partial charge in [0.05, 0.1) is 18.7 Å². The van der Waals surface area contributed by atoms with Gasteiger partial charge < -0.3 is 15.2 Å². The third kappa shape index (κ3) is 3.15. The quantitative estimate of drug-likeness (QED) is 0.893. The van der Waals surface area contributed by atoms with Crippen molar-refractivity contribution in [3.8, 4) is 17.6 Å². The van der Waals surface area contributed by atoms with E-state index in [0.717, 1.165) is 44.6 Å². The van der Waals surface area contributed by atoms with Gasteiger partial charge in [0.1, 0.15) is 0 Å². The fraction of sp³-hybridized carbons (Fsp3) is 0.611. The number of methoxy groups -OCH3 is 1. The summed E-state index contributed by atoms with van der Waals surface area (Å²) in [5, 5.41) is 23.7. The first-order chi connectivity index (χ1) is 11.3. The standard InChI is InChI=1S/C18H25N3O2/c1-23-15-7-6-14(12-19)16(18(15)22)17(13-4-2-3-5-13)21-10-8-20-9-11-21/h6-7,13,17,20,22H,2-5,8-11H2,1H3/t17-/m0/s1. The van der Waals surface area contributed by atoms with E-state index in [1.165, 1.54) is 12.8 Å². The Morgan fingerprint density at radius 3 is 2.61 bits per heavy atom. The molecule has 2 N–H and O–H groups in total. The molecule has 23 heavy (non-hydrogen) atoms. The second kappa shape index (κ2) is 7.20. The Balaban J connectivity index is 2.06. The molecule has 1 aromatic carbocycles. The number of nitrogens with one attached hydrogen (secondary N) is 1. The Morgan fingerprint density at radius 2 is 2.00 bits per heavy atom. The highest BCUT2D eigenvalue weighted by atomic mass is 16.5. The molecule has 1 aliphatic heterocycles. The van der Waals surface area contributed by atoms with Crippen LogP contribution in [0.3, 0.4) is 0 Å². The first-order valence-electron chi connectivity index (χ1n) is 8.51. The molecule has 5 nitrogen and oxygen atoms in total. The molecular formula is C18H25N3O2. The van der Waals surface area contributed by atoms with Crippen LogP contribution in [-0.4, -0.2) is 43.3 Å². The predicted molar refractivity (Wildman–Crippen MR) is 88.5 cm³/mol. The van der Waals surface area contributed by atoms with Gasteiger partial charge in [-0.3, -0.25) is 4.90 Å². The third-order valence-electron chi connectivity index (χ3n) is 5.21. The number of phenols is 1. The van der Waals surface area contributed by atoms with Gasteiger partial charge in [-0.05, 0) is 30.9 Å². The first-order valence-corrected chi connectivity index (χ1v) is 8.51. The van der Waals surface area contributed by atoms with Crippen LogP contribution in [0, 0.1) is 17.2 Å².